The van der Waals surface area contributed by atoms with Gasteiger partial charge in [-0.15, -0.1) is 0 Å². The Hall–Kier alpha value is -3.95. The smallest absolute Gasteiger partial charge is 0.408 e. The second kappa shape index (κ2) is 16.5. The van der Waals surface area contributed by atoms with Gasteiger partial charge in [0.25, 0.3) is 5.91 Å². The number of halogens is 3. The fourth-order valence-corrected chi connectivity index (χ4v) is 8.43. The highest BCUT2D eigenvalue weighted by Crippen LogP contribution is 2.43. The van der Waals surface area contributed by atoms with E-state index in [9.17, 15) is 27.6 Å². The molecular formula is C41H57F3N6O6. The van der Waals surface area contributed by atoms with Gasteiger partial charge in [-0.25, -0.2) is 10.2 Å². The molecule has 2 saturated heterocycles. The first-order valence-electron chi connectivity index (χ1n) is 19.8. The minimum absolute atomic E-state index is 0.0144. The van der Waals surface area contributed by atoms with Gasteiger partial charge < -0.3 is 29.0 Å². The third kappa shape index (κ3) is 9.94. The molecule has 0 aliphatic carbocycles. The van der Waals surface area contributed by atoms with Gasteiger partial charge >= 0.3 is 18.2 Å². The van der Waals surface area contributed by atoms with Gasteiger partial charge in [-0.2, -0.15) is 13.2 Å². The van der Waals surface area contributed by atoms with Gasteiger partial charge in [-0.05, 0) is 102 Å². The van der Waals surface area contributed by atoms with Crippen molar-refractivity contribution in [1.29, 1.82) is 0 Å². The van der Waals surface area contributed by atoms with Crippen molar-refractivity contribution in [2.75, 3.05) is 39.9 Å². The number of aliphatic imine (C=N–C) groups is 1. The van der Waals surface area contributed by atoms with Crippen LogP contribution in [-0.2, 0) is 36.8 Å². The second-order valence-corrected chi connectivity index (χ2v) is 17.5. The molecule has 4 aliphatic heterocycles. The molecule has 2 N–H and O–H groups in total. The Kier molecular flexibility index (Phi) is 12.3. The van der Waals surface area contributed by atoms with Crippen LogP contribution >= 0.6 is 0 Å². The number of hydrogen-bond acceptors (Lipinski definition) is 9. The van der Waals surface area contributed by atoms with E-state index in [2.05, 4.69) is 20.6 Å². The summed E-state index contributed by atoms with van der Waals surface area (Å²) in [5.74, 6) is -0.753. The lowest BCUT2D eigenvalue weighted by Gasteiger charge is -2.36. The van der Waals surface area contributed by atoms with Crippen LogP contribution in [0.25, 0.3) is 16.5 Å². The number of esters is 1. The van der Waals surface area contributed by atoms with Gasteiger partial charge in [0.1, 0.15) is 18.2 Å². The minimum Gasteiger partial charge on any atom is -0.465 e. The summed E-state index contributed by atoms with van der Waals surface area (Å²) < 4.78 is 62.1. The second-order valence-electron chi connectivity index (χ2n) is 17.5. The molecule has 6 bridgehead atoms. The van der Waals surface area contributed by atoms with Crippen LogP contribution in [0.15, 0.2) is 28.9 Å². The van der Waals surface area contributed by atoms with Crippen LogP contribution in [0.5, 0.6) is 0 Å². The lowest BCUT2D eigenvalue weighted by Crippen LogP contribution is -2.60. The lowest BCUT2D eigenvalue weighted by atomic mass is 9.83. The third-order valence-electron chi connectivity index (χ3n) is 11.0. The summed E-state index contributed by atoms with van der Waals surface area (Å²) in [4.78, 5) is 47.3. The fraction of sp³-hybridized carbons (Fsp3) is 0.659. The van der Waals surface area contributed by atoms with Crippen LogP contribution in [0, 0.1) is 5.41 Å². The van der Waals surface area contributed by atoms with Crippen molar-refractivity contribution < 1.29 is 41.8 Å². The number of methoxy groups -OCH3 is 1. The van der Waals surface area contributed by atoms with Gasteiger partial charge in [0.05, 0.1) is 30.5 Å². The Balaban J connectivity index is 1.46. The van der Waals surface area contributed by atoms with Crippen LogP contribution in [-0.4, -0.2) is 109 Å². The standard InChI is InChI=1S/C41H57F3N6O6/c1-25(54-7)35-29(11-8-15-45-35)36-31-20-40(5,6)24-55-34(51)19-28-10-9-16-50(47-28)37(52)32(46-38(53)56-39(2,3)4)22-48-17-14-27(21-48)26-12-13-33(30(31)18-26)49(36)23-41(42,43)44/h12-13,15,18,25,27-28,32,47H,8-11,14,16-17,19-24H2,1-7H3,(H,46,53)/t25-,27?,28-,32-/m0/s1. The molecule has 12 nitrogen and oxygen atoms in total. The summed E-state index contributed by atoms with van der Waals surface area (Å²) in [5.41, 5.74) is 5.79. The van der Waals surface area contributed by atoms with E-state index in [4.69, 9.17) is 14.2 Å². The normalized spacial score (nSPS) is 25.8. The third-order valence-corrected chi connectivity index (χ3v) is 11.0. The van der Waals surface area contributed by atoms with E-state index in [0.717, 1.165) is 28.5 Å². The minimum atomic E-state index is -4.51. The summed E-state index contributed by atoms with van der Waals surface area (Å²) in [6.45, 7) is 11.7. The molecule has 5 atom stereocenters. The van der Waals surface area contributed by atoms with Crippen molar-refractivity contribution in [3.63, 3.8) is 0 Å². The highest BCUT2D eigenvalue weighted by atomic mass is 19.4. The fourth-order valence-electron chi connectivity index (χ4n) is 8.43. The number of amides is 2. The Morgan fingerprint density at radius 1 is 1.14 bits per heavy atom. The molecule has 2 fully saturated rings. The molecule has 0 saturated carbocycles. The number of hydrazine groups is 1. The van der Waals surface area contributed by atoms with Crippen LogP contribution in [0.3, 0.4) is 0 Å². The zero-order valence-electron chi connectivity index (χ0n) is 33.7. The number of ether oxygens (including phenoxy) is 3. The summed E-state index contributed by atoms with van der Waals surface area (Å²) in [5, 5.41) is 5.03. The summed E-state index contributed by atoms with van der Waals surface area (Å²) in [7, 11) is 1.56. The number of alkyl halides is 3. The predicted molar refractivity (Wildman–Crippen MR) is 207 cm³/mol. The largest absolute Gasteiger partial charge is 0.465 e. The first-order chi connectivity index (χ1) is 26.3. The van der Waals surface area contributed by atoms with Crippen molar-refractivity contribution in [3.8, 4) is 0 Å². The number of benzene rings is 1. The van der Waals surface area contributed by atoms with E-state index in [1.807, 2.05) is 32.9 Å². The van der Waals surface area contributed by atoms with E-state index in [1.165, 1.54) is 9.58 Å². The molecule has 4 aliphatic rings. The number of allylic oxidation sites excluding steroid dienone is 1. The monoisotopic (exact) mass is 786 g/mol. The first kappa shape index (κ1) is 41.7. The van der Waals surface area contributed by atoms with Crippen molar-refractivity contribution in [1.82, 2.24) is 25.2 Å². The SMILES string of the molecule is CO[C@@H](C)C1=C(c2c3c4cc(ccc4n2CC(F)(F)F)C2CCN(C2)C[C@H](NC(=O)OC(C)(C)C)C(=O)N2CCC[C@@H](CC(=O)OCC(C)(C)C3)N2)CCC=N1. The number of nitrogens with one attached hydrogen (secondary N) is 2. The van der Waals surface area contributed by atoms with Crippen LogP contribution in [0.2, 0.25) is 0 Å². The Morgan fingerprint density at radius 3 is 2.62 bits per heavy atom. The maximum atomic E-state index is 14.5. The molecule has 6 rings (SSSR count). The van der Waals surface area contributed by atoms with Crippen molar-refractivity contribution in [3.05, 3.63) is 40.7 Å². The summed E-state index contributed by atoms with van der Waals surface area (Å²) in [6.07, 6.45) is -0.403. The van der Waals surface area contributed by atoms with Crippen LogP contribution < -0.4 is 10.7 Å². The Bertz CT molecular complexity index is 1860. The Morgan fingerprint density at radius 2 is 1.91 bits per heavy atom. The molecule has 2 amide bonds. The molecule has 308 valence electrons. The number of hydrogen-bond donors (Lipinski definition) is 2. The van der Waals surface area contributed by atoms with Gasteiger partial charge in [-0.3, -0.25) is 19.6 Å². The van der Waals surface area contributed by atoms with Crippen LogP contribution in [0.1, 0.15) is 103 Å². The number of alkyl carbamates (subject to hydrolysis) is 1. The van der Waals surface area contributed by atoms with E-state index in [0.29, 0.717) is 68.6 Å². The molecule has 56 heavy (non-hydrogen) atoms. The van der Waals surface area contributed by atoms with Crippen LogP contribution in [0.4, 0.5) is 18.0 Å². The zero-order chi connectivity index (χ0) is 40.6. The van der Waals surface area contributed by atoms with Crippen molar-refractivity contribution >= 4 is 40.7 Å². The first-order valence-corrected chi connectivity index (χ1v) is 19.8. The van der Waals surface area contributed by atoms with Gasteiger partial charge in [0, 0.05) is 60.9 Å². The number of rotatable bonds is 5. The molecular weight excluding hydrogens is 729 g/mol. The highest BCUT2D eigenvalue weighted by Gasteiger charge is 2.38. The maximum Gasteiger partial charge on any atom is 0.408 e. The molecule has 5 heterocycles. The molecule has 2 unspecified atom stereocenters. The molecule has 1 aromatic carbocycles. The zero-order valence-corrected chi connectivity index (χ0v) is 33.7. The number of carbonyl (C=O) groups is 3. The topological polar surface area (TPSA) is 127 Å². The molecule has 15 heteroatoms. The average molecular weight is 787 g/mol. The number of aromatic nitrogens is 1. The lowest BCUT2D eigenvalue weighted by molar-refractivity contribution is -0.150. The number of nitrogens with zero attached hydrogens (tertiary/aromatic N) is 4. The van der Waals surface area contributed by atoms with E-state index >= 15 is 0 Å². The Labute approximate surface area is 327 Å². The van der Waals surface area contributed by atoms with Crippen molar-refractivity contribution in [2.45, 2.75) is 129 Å². The number of cyclic esters (lactones) is 1. The molecule has 2 aromatic rings. The summed E-state index contributed by atoms with van der Waals surface area (Å²) >= 11 is 0. The summed E-state index contributed by atoms with van der Waals surface area (Å²) in [6, 6.07) is 4.43. The number of fused-ring (bicyclic) bond motifs is 6. The van der Waals surface area contributed by atoms with Gasteiger partial charge in [-0.1, -0.05) is 19.9 Å². The molecule has 0 radical (unpaired) electrons. The quantitative estimate of drug-likeness (QED) is 0.329. The van der Waals surface area contributed by atoms with E-state index in [1.54, 1.807) is 40.2 Å². The number of carbonyl (C=O) groups excluding carboxylic acids is 3. The maximum absolute atomic E-state index is 14.5. The highest BCUT2D eigenvalue weighted by molar-refractivity contribution is 5.93. The average Bonchev–Trinajstić information content (AvgIpc) is 3.70. The molecule has 1 aromatic heterocycles. The molecule has 0 spiro atoms. The van der Waals surface area contributed by atoms with Gasteiger partial charge in [0.2, 0.25) is 0 Å². The van der Waals surface area contributed by atoms with E-state index in [-0.39, 0.29) is 37.4 Å². The predicted octanol–water partition coefficient (Wildman–Crippen LogP) is 6.51. The van der Waals surface area contributed by atoms with E-state index < -0.39 is 47.9 Å². The van der Waals surface area contributed by atoms with Gasteiger partial charge in [0.15, 0.2) is 0 Å². The van der Waals surface area contributed by atoms with Crippen molar-refractivity contribution in [2.24, 2.45) is 10.4 Å².